The smallest absolute Gasteiger partial charge is 0.416 e. The number of aliphatic hydroxyl groups excluding tert-OH is 1. The van der Waals surface area contributed by atoms with Crippen molar-refractivity contribution >= 4 is 17.7 Å². The molecule has 0 aromatic heterocycles. The van der Waals surface area contributed by atoms with Crippen LogP contribution in [0.1, 0.15) is 31.4 Å². The summed E-state index contributed by atoms with van der Waals surface area (Å²) in [6, 6.07) is 4.55. The fourth-order valence-corrected chi connectivity index (χ4v) is 3.27. The molecule has 23 heavy (non-hydrogen) atoms. The lowest BCUT2D eigenvalue weighted by molar-refractivity contribution is -0.137. The quantitative estimate of drug-likeness (QED) is 0.839. The number of carbonyl (C=O) groups excluding carboxylic acids is 1. The minimum atomic E-state index is -4.39. The maximum Gasteiger partial charge on any atom is 0.416 e. The summed E-state index contributed by atoms with van der Waals surface area (Å²) in [7, 11) is 0. The first-order chi connectivity index (χ1) is 10.7. The van der Waals surface area contributed by atoms with Crippen LogP contribution in [0.5, 0.6) is 0 Å². The van der Waals surface area contributed by atoms with Gasteiger partial charge in [-0.25, -0.2) is 0 Å². The molecule has 0 bridgehead atoms. The number of rotatable bonds is 5. The molecule has 0 spiro atoms. The molecule has 0 saturated heterocycles. The molecule has 1 heterocycles. The van der Waals surface area contributed by atoms with E-state index in [-0.39, 0.29) is 28.2 Å². The molecule has 3 nitrogen and oxygen atoms in total. The Bertz CT molecular complexity index is 628. The molecule has 1 aliphatic heterocycles. The monoisotopic (exact) mass is 345 g/mol. The number of benzene rings is 1. The maximum atomic E-state index is 12.7. The van der Waals surface area contributed by atoms with Gasteiger partial charge in [-0.2, -0.15) is 13.2 Å². The molecular formula is C16H18F3NO2S. The van der Waals surface area contributed by atoms with E-state index in [9.17, 15) is 23.1 Å². The SMILES string of the molecule is CCC(C)C1NC(=O)C(SCc2cccc(C(F)(F)F)c2)=C1O. The summed E-state index contributed by atoms with van der Waals surface area (Å²) in [4.78, 5) is 12.1. The van der Waals surface area contributed by atoms with Crippen LogP contribution in [0.4, 0.5) is 13.2 Å². The molecule has 126 valence electrons. The van der Waals surface area contributed by atoms with Gasteiger partial charge in [-0.05, 0) is 17.5 Å². The molecule has 0 aliphatic carbocycles. The van der Waals surface area contributed by atoms with E-state index in [1.807, 2.05) is 13.8 Å². The van der Waals surface area contributed by atoms with Crippen LogP contribution in [-0.2, 0) is 16.7 Å². The van der Waals surface area contributed by atoms with Gasteiger partial charge in [-0.3, -0.25) is 4.79 Å². The zero-order valence-electron chi connectivity index (χ0n) is 12.8. The maximum absolute atomic E-state index is 12.7. The average molecular weight is 345 g/mol. The van der Waals surface area contributed by atoms with Crippen LogP contribution in [0.15, 0.2) is 34.9 Å². The van der Waals surface area contributed by atoms with Gasteiger partial charge in [0.2, 0.25) is 0 Å². The molecule has 1 aromatic carbocycles. The first-order valence-corrected chi connectivity index (χ1v) is 8.25. The molecule has 2 rings (SSSR count). The molecule has 0 radical (unpaired) electrons. The Morgan fingerprint density at radius 1 is 1.39 bits per heavy atom. The highest BCUT2D eigenvalue weighted by molar-refractivity contribution is 8.03. The number of hydrogen-bond acceptors (Lipinski definition) is 3. The fraction of sp³-hybridized carbons (Fsp3) is 0.438. The van der Waals surface area contributed by atoms with E-state index in [0.29, 0.717) is 5.56 Å². The van der Waals surface area contributed by atoms with Crippen LogP contribution < -0.4 is 5.32 Å². The molecule has 2 N–H and O–H groups in total. The Kier molecular flexibility index (Phi) is 5.29. The van der Waals surface area contributed by atoms with Crippen LogP contribution in [-0.4, -0.2) is 17.1 Å². The van der Waals surface area contributed by atoms with Gasteiger partial charge in [0.1, 0.15) is 10.7 Å². The molecular weight excluding hydrogens is 327 g/mol. The lowest BCUT2D eigenvalue weighted by Gasteiger charge is -2.17. The Hall–Kier alpha value is -1.63. The average Bonchev–Trinajstić information content (AvgIpc) is 2.78. The predicted molar refractivity (Wildman–Crippen MR) is 83.8 cm³/mol. The van der Waals surface area contributed by atoms with E-state index < -0.39 is 17.8 Å². The van der Waals surface area contributed by atoms with Gasteiger partial charge in [0.15, 0.2) is 0 Å². The summed E-state index contributed by atoms with van der Waals surface area (Å²) in [5, 5.41) is 12.9. The first kappa shape index (κ1) is 17.7. The second-order valence-corrected chi connectivity index (χ2v) is 6.52. The van der Waals surface area contributed by atoms with Crippen molar-refractivity contribution in [2.75, 3.05) is 0 Å². The lowest BCUT2D eigenvalue weighted by Crippen LogP contribution is -2.34. The van der Waals surface area contributed by atoms with Crippen molar-refractivity contribution in [2.24, 2.45) is 5.92 Å². The van der Waals surface area contributed by atoms with Gasteiger partial charge in [0.05, 0.1) is 11.6 Å². The van der Waals surface area contributed by atoms with E-state index in [4.69, 9.17) is 0 Å². The Morgan fingerprint density at radius 3 is 2.70 bits per heavy atom. The number of carbonyl (C=O) groups is 1. The largest absolute Gasteiger partial charge is 0.509 e. The number of nitrogens with one attached hydrogen (secondary N) is 1. The van der Waals surface area contributed by atoms with Crippen molar-refractivity contribution in [1.29, 1.82) is 0 Å². The second kappa shape index (κ2) is 6.86. The molecule has 0 fully saturated rings. The number of alkyl halides is 3. The summed E-state index contributed by atoms with van der Waals surface area (Å²) in [6.07, 6.45) is -3.60. The standard InChI is InChI=1S/C16H18F3NO2S/c1-3-9(2)12-13(21)14(15(22)20-12)23-8-10-5-4-6-11(7-10)16(17,18)19/h4-7,9,12,21H,3,8H2,1-2H3,(H,20,22). The van der Waals surface area contributed by atoms with Crippen molar-refractivity contribution < 1.29 is 23.1 Å². The van der Waals surface area contributed by atoms with E-state index in [2.05, 4.69) is 5.32 Å². The van der Waals surface area contributed by atoms with E-state index >= 15 is 0 Å². The molecule has 2 unspecified atom stereocenters. The van der Waals surface area contributed by atoms with Crippen molar-refractivity contribution in [2.45, 2.75) is 38.2 Å². The number of halogens is 3. The number of aliphatic hydroxyl groups is 1. The minimum absolute atomic E-state index is 0.0127. The van der Waals surface area contributed by atoms with Gasteiger partial charge in [-0.15, -0.1) is 11.8 Å². The summed E-state index contributed by atoms with van der Waals surface area (Å²) in [5.41, 5.74) is -0.271. The highest BCUT2D eigenvalue weighted by Gasteiger charge is 2.35. The van der Waals surface area contributed by atoms with Gasteiger partial charge in [-0.1, -0.05) is 38.5 Å². The topological polar surface area (TPSA) is 49.3 Å². The Labute approximate surface area is 137 Å². The second-order valence-electron chi connectivity index (χ2n) is 5.54. The van der Waals surface area contributed by atoms with Gasteiger partial charge in [0.25, 0.3) is 5.91 Å². The third-order valence-corrected chi connectivity index (χ3v) is 5.03. The first-order valence-electron chi connectivity index (χ1n) is 7.27. The summed E-state index contributed by atoms with van der Waals surface area (Å²) in [5.74, 6) is -0.110. The van der Waals surface area contributed by atoms with Gasteiger partial charge >= 0.3 is 6.18 Å². The summed E-state index contributed by atoms with van der Waals surface area (Å²) >= 11 is 1.05. The normalized spacial score (nSPS) is 19.9. The van der Waals surface area contributed by atoms with Crippen LogP contribution in [0, 0.1) is 5.92 Å². The van der Waals surface area contributed by atoms with E-state index in [1.54, 1.807) is 6.07 Å². The number of amides is 1. The van der Waals surface area contributed by atoms with Gasteiger partial charge in [0, 0.05) is 5.75 Å². The molecule has 1 aromatic rings. The highest BCUT2D eigenvalue weighted by atomic mass is 32.2. The van der Waals surface area contributed by atoms with E-state index in [1.165, 1.54) is 6.07 Å². The summed E-state index contributed by atoms with van der Waals surface area (Å²) in [6.45, 7) is 3.87. The third kappa shape index (κ3) is 4.02. The van der Waals surface area contributed by atoms with Crippen LogP contribution >= 0.6 is 11.8 Å². The zero-order chi connectivity index (χ0) is 17.2. The molecule has 2 atom stereocenters. The predicted octanol–water partition coefficient (Wildman–Crippen LogP) is 4.25. The third-order valence-electron chi connectivity index (χ3n) is 3.87. The van der Waals surface area contributed by atoms with Crippen LogP contribution in [0.25, 0.3) is 0 Å². The highest BCUT2D eigenvalue weighted by Crippen LogP contribution is 2.34. The van der Waals surface area contributed by atoms with Crippen molar-refractivity contribution in [3.63, 3.8) is 0 Å². The Morgan fingerprint density at radius 2 is 2.09 bits per heavy atom. The zero-order valence-corrected chi connectivity index (χ0v) is 13.6. The van der Waals surface area contributed by atoms with Crippen molar-refractivity contribution in [1.82, 2.24) is 5.32 Å². The molecule has 0 saturated carbocycles. The summed E-state index contributed by atoms with van der Waals surface area (Å²) < 4.78 is 38.1. The van der Waals surface area contributed by atoms with Gasteiger partial charge < -0.3 is 10.4 Å². The van der Waals surface area contributed by atoms with Crippen LogP contribution in [0.3, 0.4) is 0 Å². The van der Waals surface area contributed by atoms with Crippen molar-refractivity contribution in [3.05, 3.63) is 46.1 Å². The van der Waals surface area contributed by atoms with E-state index in [0.717, 1.165) is 30.3 Å². The van der Waals surface area contributed by atoms with Crippen LogP contribution in [0.2, 0.25) is 0 Å². The molecule has 1 amide bonds. The number of thioether (sulfide) groups is 1. The number of hydrogen-bond donors (Lipinski definition) is 2. The lowest BCUT2D eigenvalue weighted by atomic mass is 9.99. The minimum Gasteiger partial charge on any atom is -0.509 e. The van der Waals surface area contributed by atoms with Crippen molar-refractivity contribution in [3.8, 4) is 0 Å². The molecule has 1 aliphatic rings. The molecule has 7 heteroatoms. The Balaban J connectivity index is 2.11. The fourth-order valence-electron chi connectivity index (χ4n) is 2.31.